The van der Waals surface area contributed by atoms with E-state index in [9.17, 15) is 4.79 Å². The second-order valence-corrected chi connectivity index (χ2v) is 3.79. The fourth-order valence-corrected chi connectivity index (χ4v) is 1.76. The van der Waals surface area contributed by atoms with Crippen molar-refractivity contribution >= 4 is 5.97 Å². The van der Waals surface area contributed by atoms with Crippen LogP contribution in [0, 0.1) is 0 Å². The number of ether oxygens (including phenoxy) is 2. The molecule has 0 aromatic carbocycles. The fourth-order valence-electron chi connectivity index (χ4n) is 1.76. The van der Waals surface area contributed by atoms with Crippen LogP contribution in [0.1, 0.15) is 26.2 Å². The van der Waals surface area contributed by atoms with Gasteiger partial charge in [0.2, 0.25) is 0 Å². The predicted octanol–water partition coefficient (Wildman–Crippen LogP) is 1.43. The number of epoxide rings is 1. The van der Waals surface area contributed by atoms with Gasteiger partial charge in [0.25, 0.3) is 0 Å². The van der Waals surface area contributed by atoms with Gasteiger partial charge in [0.1, 0.15) is 12.2 Å². The molecule has 1 heterocycles. The topological polar surface area (TPSA) is 38.8 Å². The van der Waals surface area contributed by atoms with Gasteiger partial charge in [-0.2, -0.15) is 0 Å². The van der Waals surface area contributed by atoms with E-state index in [2.05, 4.69) is 6.58 Å². The zero-order chi connectivity index (χ0) is 9.42. The standard InChI is InChI=1S/C10H14O3/c1-6(2)10(11)13-8-5-3-4-7-9(8)12-7/h7-9H,1,3-5H2,2H3. The molecule has 3 heteroatoms. The van der Waals surface area contributed by atoms with Crippen molar-refractivity contribution in [2.75, 3.05) is 0 Å². The van der Waals surface area contributed by atoms with Crippen LogP contribution >= 0.6 is 0 Å². The number of hydrogen-bond acceptors (Lipinski definition) is 3. The molecule has 1 saturated carbocycles. The van der Waals surface area contributed by atoms with E-state index in [1.807, 2.05) is 0 Å². The largest absolute Gasteiger partial charge is 0.456 e. The molecular formula is C10H14O3. The summed E-state index contributed by atoms with van der Waals surface area (Å²) in [6.45, 7) is 5.21. The van der Waals surface area contributed by atoms with E-state index >= 15 is 0 Å². The van der Waals surface area contributed by atoms with Gasteiger partial charge in [0.05, 0.1) is 6.10 Å². The van der Waals surface area contributed by atoms with E-state index in [1.54, 1.807) is 6.92 Å². The Morgan fingerprint density at radius 1 is 1.54 bits per heavy atom. The van der Waals surface area contributed by atoms with E-state index in [0.29, 0.717) is 11.7 Å². The molecule has 2 aliphatic rings. The highest BCUT2D eigenvalue weighted by Gasteiger charge is 2.49. The summed E-state index contributed by atoms with van der Waals surface area (Å²) >= 11 is 0. The molecule has 0 N–H and O–H groups in total. The van der Waals surface area contributed by atoms with Gasteiger partial charge in [-0.05, 0) is 26.2 Å². The normalized spacial score (nSPS) is 36.2. The molecule has 1 aliphatic carbocycles. The van der Waals surface area contributed by atoms with Gasteiger partial charge in [0, 0.05) is 5.57 Å². The molecule has 1 saturated heterocycles. The minimum Gasteiger partial charge on any atom is -0.456 e. The van der Waals surface area contributed by atoms with Crippen molar-refractivity contribution in [3.63, 3.8) is 0 Å². The first-order valence-corrected chi connectivity index (χ1v) is 4.70. The van der Waals surface area contributed by atoms with Gasteiger partial charge in [-0.15, -0.1) is 0 Å². The van der Waals surface area contributed by atoms with Crippen LogP contribution in [0.4, 0.5) is 0 Å². The molecule has 0 aromatic rings. The van der Waals surface area contributed by atoms with Crippen molar-refractivity contribution in [3.8, 4) is 0 Å². The lowest BCUT2D eigenvalue weighted by Gasteiger charge is -2.18. The minimum absolute atomic E-state index is 0.0250. The third kappa shape index (κ3) is 1.75. The Morgan fingerprint density at radius 2 is 2.31 bits per heavy atom. The molecule has 3 atom stereocenters. The molecule has 2 fully saturated rings. The summed E-state index contributed by atoms with van der Waals surface area (Å²) in [5.41, 5.74) is 0.461. The molecule has 72 valence electrons. The van der Waals surface area contributed by atoms with Gasteiger partial charge in [0.15, 0.2) is 0 Å². The monoisotopic (exact) mass is 182 g/mol. The fraction of sp³-hybridized carbons (Fsp3) is 0.700. The third-order valence-electron chi connectivity index (χ3n) is 2.57. The van der Waals surface area contributed by atoms with Crippen molar-refractivity contribution in [2.45, 2.75) is 44.5 Å². The number of fused-ring (bicyclic) bond motifs is 1. The third-order valence-corrected chi connectivity index (χ3v) is 2.57. The molecule has 1 aliphatic heterocycles. The molecule has 3 unspecified atom stereocenters. The SMILES string of the molecule is C=C(C)C(=O)OC1CCCC2OC12. The lowest BCUT2D eigenvalue weighted by Crippen LogP contribution is -2.28. The van der Waals surface area contributed by atoms with Crippen molar-refractivity contribution in [2.24, 2.45) is 0 Å². The maximum absolute atomic E-state index is 11.2. The second-order valence-electron chi connectivity index (χ2n) is 3.79. The number of rotatable bonds is 2. The lowest BCUT2D eigenvalue weighted by molar-refractivity contribution is -0.145. The average Bonchev–Trinajstić information content (AvgIpc) is 2.83. The van der Waals surface area contributed by atoms with Crippen molar-refractivity contribution in [1.29, 1.82) is 0 Å². The predicted molar refractivity (Wildman–Crippen MR) is 47.2 cm³/mol. The van der Waals surface area contributed by atoms with Crippen LogP contribution < -0.4 is 0 Å². The first-order valence-electron chi connectivity index (χ1n) is 4.70. The molecule has 3 nitrogen and oxygen atoms in total. The van der Waals surface area contributed by atoms with Crippen molar-refractivity contribution in [1.82, 2.24) is 0 Å². The van der Waals surface area contributed by atoms with Crippen LogP contribution in [-0.4, -0.2) is 24.3 Å². The zero-order valence-corrected chi connectivity index (χ0v) is 7.79. The minimum atomic E-state index is -0.291. The smallest absolute Gasteiger partial charge is 0.333 e. The maximum Gasteiger partial charge on any atom is 0.333 e. The Bertz CT molecular complexity index is 247. The molecule has 0 amide bonds. The summed E-state index contributed by atoms with van der Waals surface area (Å²) < 4.78 is 10.6. The molecule has 2 rings (SSSR count). The van der Waals surface area contributed by atoms with E-state index in [4.69, 9.17) is 9.47 Å². The quantitative estimate of drug-likeness (QED) is 0.368. The number of carbonyl (C=O) groups excluding carboxylic acids is 1. The van der Waals surface area contributed by atoms with E-state index in [1.165, 1.54) is 0 Å². The molecule has 0 bridgehead atoms. The van der Waals surface area contributed by atoms with Gasteiger partial charge in [-0.3, -0.25) is 0 Å². The first-order chi connectivity index (χ1) is 6.18. The van der Waals surface area contributed by atoms with Crippen LogP contribution in [0.25, 0.3) is 0 Å². The van der Waals surface area contributed by atoms with Gasteiger partial charge in [-0.1, -0.05) is 6.58 Å². The molecule has 0 radical (unpaired) electrons. The second kappa shape index (κ2) is 3.14. The van der Waals surface area contributed by atoms with Gasteiger partial charge >= 0.3 is 5.97 Å². The highest BCUT2D eigenvalue weighted by Crippen LogP contribution is 2.38. The first kappa shape index (κ1) is 8.75. The Hall–Kier alpha value is -0.830. The number of esters is 1. The highest BCUT2D eigenvalue weighted by molar-refractivity contribution is 5.87. The summed E-state index contributed by atoms with van der Waals surface area (Å²) in [5, 5.41) is 0. The Labute approximate surface area is 77.7 Å². The number of hydrogen-bond donors (Lipinski definition) is 0. The van der Waals surface area contributed by atoms with Crippen LogP contribution in [-0.2, 0) is 14.3 Å². The average molecular weight is 182 g/mol. The summed E-state index contributed by atoms with van der Waals surface area (Å²) in [4.78, 5) is 11.2. The summed E-state index contributed by atoms with van der Waals surface area (Å²) in [6.07, 6.45) is 3.65. The molecule has 0 spiro atoms. The zero-order valence-electron chi connectivity index (χ0n) is 7.79. The van der Waals surface area contributed by atoms with E-state index < -0.39 is 0 Å². The highest BCUT2D eigenvalue weighted by atomic mass is 16.6. The maximum atomic E-state index is 11.2. The molecule has 13 heavy (non-hydrogen) atoms. The van der Waals surface area contributed by atoms with Gasteiger partial charge < -0.3 is 9.47 Å². The van der Waals surface area contributed by atoms with Gasteiger partial charge in [-0.25, -0.2) is 4.79 Å². The van der Waals surface area contributed by atoms with E-state index in [-0.39, 0.29) is 18.2 Å². The van der Waals surface area contributed by atoms with Crippen LogP contribution in [0.15, 0.2) is 12.2 Å². The Balaban J connectivity index is 1.87. The molecular weight excluding hydrogens is 168 g/mol. The van der Waals surface area contributed by atoms with Crippen LogP contribution in [0.2, 0.25) is 0 Å². The summed E-state index contributed by atoms with van der Waals surface area (Å²) in [7, 11) is 0. The van der Waals surface area contributed by atoms with E-state index in [0.717, 1.165) is 19.3 Å². The summed E-state index contributed by atoms with van der Waals surface area (Å²) in [6, 6.07) is 0. The van der Waals surface area contributed by atoms with Crippen molar-refractivity contribution in [3.05, 3.63) is 12.2 Å². The Kier molecular flexibility index (Phi) is 2.12. The lowest BCUT2D eigenvalue weighted by atomic mass is 9.98. The van der Waals surface area contributed by atoms with Crippen LogP contribution in [0.3, 0.4) is 0 Å². The number of carbonyl (C=O) groups is 1. The summed E-state index contributed by atoms with van der Waals surface area (Å²) in [5.74, 6) is -0.291. The molecule has 0 aromatic heterocycles. The van der Waals surface area contributed by atoms with Crippen molar-refractivity contribution < 1.29 is 14.3 Å². The Morgan fingerprint density at radius 3 is 3.00 bits per heavy atom. The van der Waals surface area contributed by atoms with Crippen LogP contribution in [0.5, 0.6) is 0 Å².